The van der Waals surface area contributed by atoms with Gasteiger partial charge in [0.05, 0.1) is 5.56 Å². The minimum atomic E-state index is -0.235. The highest BCUT2D eigenvalue weighted by molar-refractivity contribution is 6.02. The molecule has 0 aliphatic carbocycles. The zero-order valence-corrected chi connectivity index (χ0v) is 17.1. The van der Waals surface area contributed by atoms with E-state index in [9.17, 15) is 14.4 Å². The zero-order chi connectivity index (χ0) is 21.0. The number of carbonyl (C=O) groups is 3. The van der Waals surface area contributed by atoms with Crippen molar-refractivity contribution in [1.82, 2.24) is 15.1 Å². The number of nitrogens with zero attached hydrogens (tertiary/aromatic N) is 2. The highest BCUT2D eigenvalue weighted by atomic mass is 16.5. The molecule has 7 heteroatoms. The largest absolute Gasteiger partial charge is 0.483 e. The summed E-state index contributed by atoms with van der Waals surface area (Å²) in [6.07, 6.45) is 0. The van der Waals surface area contributed by atoms with E-state index in [-0.39, 0.29) is 30.4 Å². The van der Waals surface area contributed by atoms with Gasteiger partial charge in [-0.05, 0) is 36.8 Å². The molecule has 0 unspecified atom stereocenters. The molecular formula is C22H27N3O4. The van der Waals surface area contributed by atoms with Crippen LogP contribution in [-0.4, -0.2) is 66.3 Å². The van der Waals surface area contributed by atoms with Gasteiger partial charge in [-0.3, -0.25) is 14.4 Å². The quantitative estimate of drug-likeness (QED) is 0.838. The van der Waals surface area contributed by atoms with Gasteiger partial charge in [-0.2, -0.15) is 0 Å². The van der Waals surface area contributed by atoms with Crippen molar-refractivity contribution in [1.29, 1.82) is 0 Å². The molecule has 0 saturated carbocycles. The van der Waals surface area contributed by atoms with E-state index in [1.54, 1.807) is 15.9 Å². The second-order valence-electron chi connectivity index (χ2n) is 7.50. The summed E-state index contributed by atoms with van der Waals surface area (Å²) >= 11 is 0. The molecule has 1 N–H and O–H groups in total. The van der Waals surface area contributed by atoms with Crippen LogP contribution in [0, 0.1) is 0 Å². The first-order valence-electron chi connectivity index (χ1n) is 9.85. The number of nitrogens with one attached hydrogen (secondary N) is 1. The summed E-state index contributed by atoms with van der Waals surface area (Å²) in [6, 6.07) is 11.3. The van der Waals surface area contributed by atoms with Crippen molar-refractivity contribution in [2.45, 2.75) is 26.8 Å². The summed E-state index contributed by atoms with van der Waals surface area (Å²) in [7, 11) is 0. The normalized spacial score (nSPS) is 14.2. The van der Waals surface area contributed by atoms with Gasteiger partial charge in [0.15, 0.2) is 6.61 Å². The van der Waals surface area contributed by atoms with E-state index in [4.69, 9.17) is 4.74 Å². The number of fused-ring (bicyclic) bond motifs is 1. The van der Waals surface area contributed by atoms with Crippen LogP contribution in [0.25, 0.3) is 10.8 Å². The Balaban J connectivity index is 1.83. The number of carbonyl (C=O) groups excluding carboxylic acids is 3. The van der Waals surface area contributed by atoms with E-state index in [0.717, 1.165) is 10.8 Å². The molecule has 1 aliphatic rings. The fourth-order valence-electron chi connectivity index (χ4n) is 3.41. The Labute approximate surface area is 170 Å². The predicted molar refractivity (Wildman–Crippen MR) is 111 cm³/mol. The van der Waals surface area contributed by atoms with Crippen LogP contribution in [0.1, 0.15) is 31.1 Å². The Morgan fingerprint density at radius 2 is 1.59 bits per heavy atom. The molecule has 2 aromatic carbocycles. The molecule has 0 aromatic heterocycles. The number of amides is 3. The number of rotatable bonds is 5. The zero-order valence-electron chi connectivity index (χ0n) is 17.1. The first kappa shape index (κ1) is 20.6. The van der Waals surface area contributed by atoms with Crippen LogP contribution in [-0.2, 0) is 9.59 Å². The van der Waals surface area contributed by atoms with E-state index < -0.39 is 0 Å². The molecule has 7 nitrogen and oxygen atoms in total. The number of hydrogen-bond acceptors (Lipinski definition) is 4. The van der Waals surface area contributed by atoms with Gasteiger partial charge in [-0.1, -0.05) is 24.3 Å². The topological polar surface area (TPSA) is 79.0 Å². The van der Waals surface area contributed by atoms with Crippen LogP contribution >= 0.6 is 0 Å². The van der Waals surface area contributed by atoms with Crippen molar-refractivity contribution in [2.24, 2.45) is 0 Å². The Hall–Kier alpha value is -3.09. The molecule has 1 saturated heterocycles. The molecule has 3 rings (SSSR count). The van der Waals surface area contributed by atoms with Crippen molar-refractivity contribution in [3.63, 3.8) is 0 Å². The Kier molecular flexibility index (Phi) is 6.36. The monoisotopic (exact) mass is 397 g/mol. The van der Waals surface area contributed by atoms with Gasteiger partial charge >= 0.3 is 0 Å². The molecule has 29 heavy (non-hydrogen) atoms. The molecule has 3 amide bonds. The fraction of sp³-hybridized carbons (Fsp3) is 0.409. The molecule has 0 bridgehead atoms. The average molecular weight is 397 g/mol. The van der Waals surface area contributed by atoms with E-state index in [1.807, 2.05) is 44.2 Å². The third kappa shape index (κ3) is 5.04. The number of benzene rings is 2. The van der Waals surface area contributed by atoms with E-state index in [2.05, 4.69) is 5.32 Å². The Bertz CT molecular complexity index is 917. The van der Waals surface area contributed by atoms with Gasteiger partial charge in [0.1, 0.15) is 5.75 Å². The SMILES string of the molecule is CC(=O)N1CCN(C(=O)c2cc3ccccc3cc2OCC(=O)NC(C)C)CC1. The number of hydrogen-bond donors (Lipinski definition) is 1. The van der Waals surface area contributed by atoms with E-state index >= 15 is 0 Å². The molecule has 1 fully saturated rings. The molecule has 0 atom stereocenters. The molecule has 0 spiro atoms. The lowest BCUT2D eigenvalue weighted by atomic mass is 10.0. The van der Waals surface area contributed by atoms with E-state index in [0.29, 0.717) is 37.5 Å². The van der Waals surface area contributed by atoms with Crippen LogP contribution in [0.15, 0.2) is 36.4 Å². The molecule has 1 heterocycles. The van der Waals surface area contributed by atoms with Crippen LogP contribution in [0.2, 0.25) is 0 Å². The maximum Gasteiger partial charge on any atom is 0.258 e. The van der Waals surface area contributed by atoms with Gasteiger partial charge in [0.2, 0.25) is 5.91 Å². The fourth-order valence-corrected chi connectivity index (χ4v) is 3.41. The lowest BCUT2D eigenvalue weighted by Gasteiger charge is -2.34. The Morgan fingerprint density at radius 1 is 1.00 bits per heavy atom. The summed E-state index contributed by atoms with van der Waals surface area (Å²) < 4.78 is 5.76. The van der Waals surface area contributed by atoms with Crippen molar-refractivity contribution in [3.05, 3.63) is 42.0 Å². The minimum absolute atomic E-state index is 0.0152. The summed E-state index contributed by atoms with van der Waals surface area (Å²) in [5, 5.41) is 4.64. The molecular weight excluding hydrogens is 370 g/mol. The van der Waals surface area contributed by atoms with Crippen LogP contribution in [0.3, 0.4) is 0 Å². The third-order valence-electron chi connectivity index (χ3n) is 4.90. The van der Waals surface area contributed by atoms with Crippen LogP contribution < -0.4 is 10.1 Å². The van der Waals surface area contributed by atoms with Crippen molar-refractivity contribution >= 4 is 28.5 Å². The maximum absolute atomic E-state index is 13.2. The summed E-state index contributed by atoms with van der Waals surface area (Å²) in [4.78, 5) is 40.2. The summed E-state index contributed by atoms with van der Waals surface area (Å²) in [6.45, 7) is 7.11. The van der Waals surface area contributed by atoms with Gasteiger partial charge in [0, 0.05) is 39.1 Å². The van der Waals surface area contributed by atoms with Crippen molar-refractivity contribution in [3.8, 4) is 5.75 Å². The third-order valence-corrected chi connectivity index (χ3v) is 4.90. The highest BCUT2D eigenvalue weighted by Gasteiger charge is 2.26. The second-order valence-corrected chi connectivity index (χ2v) is 7.50. The summed E-state index contributed by atoms with van der Waals surface area (Å²) in [5.74, 6) is 0.0180. The predicted octanol–water partition coefficient (Wildman–Crippen LogP) is 2.05. The molecule has 154 valence electrons. The number of ether oxygens (including phenoxy) is 1. The first-order valence-corrected chi connectivity index (χ1v) is 9.85. The Morgan fingerprint density at radius 3 is 2.17 bits per heavy atom. The maximum atomic E-state index is 13.2. The standard InChI is InChI=1S/C22H27N3O4/c1-15(2)23-21(27)14-29-20-13-18-7-5-4-6-17(18)12-19(20)22(28)25-10-8-24(9-11-25)16(3)26/h4-7,12-13,15H,8-11,14H2,1-3H3,(H,23,27). The lowest BCUT2D eigenvalue weighted by molar-refractivity contribution is -0.130. The highest BCUT2D eigenvalue weighted by Crippen LogP contribution is 2.28. The second kappa shape index (κ2) is 8.94. The van der Waals surface area contributed by atoms with Gasteiger partial charge in [-0.15, -0.1) is 0 Å². The van der Waals surface area contributed by atoms with Crippen LogP contribution in [0.4, 0.5) is 0 Å². The van der Waals surface area contributed by atoms with Gasteiger partial charge in [-0.25, -0.2) is 0 Å². The van der Waals surface area contributed by atoms with E-state index in [1.165, 1.54) is 6.92 Å². The molecule has 1 aliphatic heterocycles. The lowest BCUT2D eigenvalue weighted by Crippen LogP contribution is -2.50. The number of piperazine rings is 1. The smallest absolute Gasteiger partial charge is 0.258 e. The first-order chi connectivity index (χ1) is 13.8. The molecule has 0 radical (unpaired) electrons. The van der Waals surface area contributed by atoms with Crippen molar-refractivity contribution in [2.75, 3.05) is 32.8 Å². The van der Waals surface area contributed by atoms with Gasteiger partial charge in [0.25, 0.3) is 11.8 Å². The van der Waals surface area contributed by atoms with Crippen molar-refractivity contribution < 1.29 is 19.1 Å². The summed E-state index contributed by atoms with van der Waals surface area (Å²) in [5.41, 5.74) is 0.428. The van der Waals surface area contributed by atoms with Gasteiger partial charge < -0.3 is 19.9 Å². The minimum Gasteiger partial charge on any atom is -0.483 e. The molecule has 2 aromatic rings. The average Bonchev–Trinajstić information content (AvgIpc) is 2.70. The van der Waals surface area contributed by atoms with Crippen LogP contribution in [0.5, 0.6) is 5.75 Å².